The Bertz CT molecular complexity index is 445. The summed E-state index contributed by atoms with van der Waals surface area (Å²) in [5.74, 6) is -0.365. The number of carbonyl (C=O) groups is 1. The summed E-state index contributed by atoms with van der Waals surface area (Å²) in [6, 6.07) is 4.12. The SMILES string of the molecule is CC(=O)N1CCCN(Cc2cc(O)cc(F)c2)CC1. The standard InChI is InChI=1S/C14H19FN2O2/c1-11(18)17-4-2-3-16(5-6-17)10-12-7-13(15)9-14(19)8-12/h7-9,19H,2-6,10H2,1H3. The van der Waals surface area contributed by atoms with Crippen LogP contribution in [-0.2, 0) is 11.3 Å². The molecule has 2 rings (SSSR count). The summed E-state index contributed by atoms with van der Waals surface area (Å²) in [5.41, 5.74) is 0.758. The molecule has 1 saturated heterocycles. The van der Waals surface area contributed by atoms with Crippen molar-refractivity contribution in [1.29, 1.82) is 0 Å². The highest BCUT2D eigenvalue weighted by Gasteiger charge is 2.16. The molecule has 1 heterocycles. The molecule has 0 saturated carbocycles. The van der Waals surface area contributed by atoms with Crippen molar-refractivity contribution in [1.82, 2.24) is 9.80 Å². The first-order valence-corrected chi connectivity index (χ1v) is 6.51. The Morgan fingerprint density at radius 2 is 2.05 bits per heavy atom. The Morgan fingerprint density at radius 1 is 1.26 bits per heavy atom. The van der Waals surface area contributed by atoms with E-state index in [1.807, 2.05) is 4.90 Å². The van der Waals surface area contributed by atoms with Crippen molar-refractivity contribution in [2.24, 2.45) is 0 Å². The Hall–Kier alpha value is -1.62. The van der Waals surface area contributed by atoms with Gasteiger partial charge in [0.2, 0.25) is 5.91 Å². The van der Waals surface area contributed by atoms with Crippen LogP contribution in [0.25, 0.3) is 0 Å². The van der Waals surface area contributed by atoms with Gasteiger partial charge in [-0.05, 0) is 24.1 Å². The van der Waals surface area contributed by atoms with Gasteiger partial charge in [0.15, 0.2) is 0 Å². The van der Waals surface area contributed by atoms with E-state index < -0.39 is 5.82 Å². The van der Waals surface area contributed by atoms with Crippen LogP contribution in [0.15, 0.2) is 18.2 Å². The van der Waals surface area contributed by atoms with Crippen molar-refractivity contribution >= 4 is 5.91 Å². The predicted octanol–water partition coefficient (Wildman–Crippen LogP) is 1.59. The van der Waals surface area contributed by atoms with Crippen LogP contribution < -0.4 is 0 Å². The number of nitrogens with zero attached hydrogens (tertiary/aromatic N) is 2. The van der Waals surface area contributed by atoms with E-state index in [4.69, 9.17) is 0 Å². The largest absolute Gasteiger partial charge is 0.508 e. The fourth-order valence-corrected chi connectivity index (χ4v) is 2.43. The third kappa shape index (κ3) is 3.92. The average molecular weight is 266 g/mol. The summed E-state index contributed by atoms with van der Waals surface area (Å²) in [5, 5.41) is 9.38. The van der Waals surface area contributed by atoms with Crippen molar-refractivity contribution in [2.75, 3.05) is 26.2 Å². The van der Waals surface area contributed by atoms with Crippen LogP contribution in [-0.4, -0.2) is 47.0 Å². The Labute approximate surface area is 112 Å². The molecule has 0 radical (unpaired) electrons. The predicted molar refractivity (Wildman–Crippen MR) is 70.2 cm³/mol. The summed E-state index contributed by atoms with van der Waals surface area (Å²) in [7, 11) is 0. The number of carbonyl (C=O) groups excluding carboxylic acids is 1. The molecule has 1 aliphatic heterocycles. The molecule has 5 heteroatoms. The molecule has 0 aliphatic carbocycles. The lowest BCUT2D eigenvalue weighted by Crippen LogP contribution is -2.33. The molecule has 0 atom stereocenters. The first-order valence-electron chi connectivity index (χ1n) is 6.51. The van der Waals surface area contributed by atoms with Crippen LogP contribution in [0.4, 0.5) is 4.39 Å². The zero-order chi connectivity index (χ0) is 13.8. The number of aromatic hydroxyl groups is 1. The number of rotatable bonds is 2. The monoisotopic (exact) mass is 266 g/mol. The normalized spacial score (nSPS) is 17.3. The fraction of sp³-hybridized carbons (Fsp3) is 0.500. The highest BCUT2D eigenvalue weighted by Crippen LogP contribution is 2.17. The van der Waals surface area contributed by atoms with E-state index in [0.717, 1.165) is 37.7 Å². The number of hydrogen-bond donors (Lipinski definition) is 1. The molecule has 0 aromatic heterocycles. The van der Waals surface area contributed by atoms with E-state index in [2.05, 4.69) is 4.90 Å². The summed E-state index contributed by atoms with van der Waals surface area (Å²) < 4.78 is 13.2. The molecule has 1 aliphatic rings. The smallest absolute Gasteiger partial charge is 0.219 e. The van der Waals surface area contributed by atoms with Crippen LogP contribution in [0.5, 0.6) is 5.75 Å². The van der Waals surface area contributed by atoms with Crippen LogP contribution in [0.2, 0.25) is 0 Å². The van der Waals surface area contributed by atoms with Gasteiger partial charge in [0.05, 0.1) is 0 Å². The number of benzene rings is 1. The fourth-order valence-electron chi connectivity index (χ4n) is 2.43. The van der Waals surface area contributed by atoms with Gasteiger partial charge in [-0.3, -0.25) is 9.69 Å². The minimum absolute atomic E-state index is 0.0461. The maximum absolute atomic E-state index is 13.2. The maximum Gasteiger partial charge on any atom is 0.219 e. The van der Waals surface area contributed by atoms with E-state index in [0.29, 0.717) is 13.1 Å². The van der Waals surface area contributed by atoms with Crippen molar-refractivity contribution in [3.8, 4) is 5.75 Å². The molecule has 1 fully saturated rings. The van der Waals surface area contributed by atoms with E-state index in [1.165, 1.54) is 6.07 Å². The van der Waals surface area contributed by atoms with Crippen molar-refractivity contribution in [3.63, 3.8) is 0 Å². The third-order valence-electron chi connectivity index (χ3n) is 3.38. The minimum atomic E-state index is -0.421. The Morgan fingerprint density at radius 3 is 2.74 bits per heavy atom. The quantitative estimate of drug-likeness (QED) is 0.884. The molecule has 4 nitrogen and oxygen atoms in total. The van der Waals surface area contributed by atoms with Gasteiger partial charge in [-0.25, -0.2) is 4.39 Å². The number of halogens is 1. The van der Waals surface area contributed by atoms with Crippen LogP contribution in [0.3, 0.4) is 0 Å². The van der Waals surface area contributed by atoms with E-state index in [1.54, 1.807) is 13.0 Å². The van der Waals surface area contributed by atoms with Crippen LogP contribution in [0, 0.1) is 5.82 Å². The van der Waals surface area contributed by atoms with E-state index >= 15 is 0 Å². The Balaban J connectivity index is 1.97. The maximum atomic E-state index is 13.2. The molecule has 0 spiro atoms. The van der Waals surface area contributed by atoms with Gasteiger partial charge in [-0.15, -0.1) is 0 Å². The molecule has 1 aromatic carbocycles. The van der Waals surface area contributed by atoms with Crippen molar-refractivity contribution in [3.05, 3.63) is 29.6 Å². The van der Waals surface area contributed by atoms with Crippen molar-refractivity contribution < 1.29 is 14.3 Å². The first-order chi connectivity index (χ1) is 9.04. The zero-order valence-electron chi connectivity index (χ0n) is 11.1. The van der Waals surface area contributed by atoms with Gasteiger partial charge >= 0.3 is 0 Å². The van der Waals surface area contributed by atoms with Gasteiger partial charge in [0.1, 0.15) is 11.6 Å². The molecule has 0 unspecified atom stereocenters. The second kappa shape index (κ2) is 6.02. The van der Waals surface area contributed by atoms with Gasteiger partial charge in [0, 0.05) is 45.7 Å². The summed E-state index contributed by atoms with van der Waals surface area (Å²) in [6.45, 7) is 5.31. The molecule has 0 bridgehead atoms. The average Bonchev–Trinajstić information content (AvgIpc) is 2.53. The highest BCUT2D eigenvalue weighted by atomic mass is 19.1. The molecular weight excluding hydrogens is 247 g/mol. The lowest BCUT2D eigenvalue weighted by Gasteiger charge is -2.21. The highest BCUT2D eigenvalue weighted by molar-refractivity contribution is 5.73. The molecule has 1 N–H and O–H groups in total. The third-order valence-corrected chi connectivity index (χ3v) is 3.38. The van der Waals surface area contributed by atoms with Gasteiger partial charge in [-0.1, -0.05) is 0 Å². The molecule has 19 heavy (non-hydrogen) atoms. The summed E-state index contributed by atoms with van der Waals surface area (Å²) >= 11 is 0. The first kappa shape index (κ1) is 13.8. The van der Waals surface area contributed by atoms with Crippen LogP contribution >= 0.6 is 0 Å². The minimum Gasteiger partial charge on any atom is -0.508 e. The van der Waals surface area contributed by atoms with Crippen LogP contribution in [0.1, 0.15) is 18.9 Å². The molecule has 1 aromatic rings. The molecule has 1 amide bonds. The zero-order valence-corrected chi connectivity index (χ0v) is 11.1. The van der Waals surface area contributed by atoms with Crippen molar-refractivity contribution in [2.45, 2.75) is 19.9 Å². The van der Waals surface area contributed by atoms with Gasteiger partial charge in [-0.2, -0.15) is 0 Å². The molecular formula is C14H19FN2O2. The van der Waals surface area contributed by atoms with Gasteiger partial charge < -0.3 is 10.0 Å². The topological polar surface area (TPSA) is 43.8 Å². The van der Waals surface area contributed by atoms with Gasteiger partial charge in [0.25, 0.3) is 0 Å². The van der Waals surface area contributed by atoms with E-state index in [9.17, 15) is 14.3 Å². The number of hydrogen-bond acceptors (Lipinski definition) is 3. The van der Waals surface area contributed by atoms with E-state index in [-0.39, 0.29) is 11.7 Å². The number of phenols is 1. The summed E-state index contributed by atoms with van der Waals surface area (Å²) in [6.07, 6.45) is 0.918. The summed E-state index contributed by atoms with van der Waals surface area (Å²) in [4.78, 5) is 15.3. The second-order valence-corrected chi connectivity index (χ2v) is 4.95. The number of amides is 1. The number of phenolic OH excluding ortho intramolecular Hbond substituents is 1. The lowest BCUT2D eigenvalue weighted by molar-refractivity contribution is -0.128. The lowest BCUT2D eigenvalue weighted by atomic mass is 10.2. The second-order valence-electron chi connectivity index (χ2n) is 4.95. The Kier molecular flexibility index (Phi) is 4.37. The molecule has 104 valence electrons.